The monoisotopic (exact) mass is 592 g/mol. The van der Waals surface area contributed by atoms with Crippen molar-refractivity contribution in [1.82, 2.24) is 0 Å². The summed E-state index contributed by atoms with van der Waals surface area (Å²) in [7, 11) is 0. The number of hydrogen-bond acceptors (Lipinski definition) is 3. The van der Waals surface area contributed by atoms with Crippen LogP contribution in [0.3, 0.4) is 0 Å². The molecule has 0 saturated heterocycles. The van der Waals surface area contributed by atoms with E-state index in [9.17, 15) is 10.1 Å². The van der Waals surface area contributed by atoms with Crippen LogP contribution in [-0.2, 0) is 11.4 Å². The van der Waals surface area contributed by atoms with E-state index >= 15 is 0 Å². The number of benzene rings is 3. The summed E-state index contributed by atoms with van der Waals surface area (Å²) in [5, 5.41) is 12.8. The molecule has 0 atom stereocenters. The topological polar surface area (TPSA) is 62.1 Å². The highest BCUT2D eigenvalue weighted by Gasteiger charge is 2.11. The van der Waals surface area contributed by atoms with Crippen LogP contribution in [-0.4, -0.2) is 5.91 Å². The summed E-state index contributed by atoms with van der Waals surface area (Å²) in [5.74, 6) is 0.258. The minimum atomic E-state index is -0.464. The lowest BCUT2D eigenvalue weighted by atomic mass is 10.1. The molecule has 3 aromatic carbocycles. The van der Waals surface area contributed by atoms with Crippen LogP contribution in [0.2, 0.25) is 5.02 Å². The fourth-order valence-electron chi connectivity index (χ4n) is 2.55. The third kappa shape index (κ3) is 6.33. The quantitative estimate of drug-likeness (QED) is 0.194. The molecule has 0 heterocycles. The molecule has 0 aliphatic carbocycles. The molecule has 1 amide bonds. The number of anilines is 1. The van der Waals surface area contributed by atoms with E-state index in [-0.39, 0.29) is 5.57 Å². The third-order valence-corrected chi connectivity index (χ3v) is 5.61. The molecule has 30 heavy (non-hydrogen) atoms. The molecule has 3 rings (SSSR count). The first-order valence-corrected chi connectivity index (χ1v) is 11.0. The molecule has 0 fully saturated rings. The van der Waals surface area contributed by atoms with E-state index < -0.39 is 5.91 Å². The normalized spacial score (nSPS) is 10.9. The number of amides is 1. The van der Waals surface area contributed by atoms with Crippen molar-refractivity contribution < 1.29 is 9.53 Å². The van der Waals surface area contributed by atoms with Crippen LogP contribution in [0.5, 0.6) is 5.75 Å². The van der Waals surface area contributed by atoms with Crippen molar-refractivity contribution >= 4 is 67.8 Å². The fourth-order valence-corrected chi connectivity index (χ4v) is 3.77. The van der Waals surface area contributed by atoms with Gasteiger partial charge < -0.3 is 10.1 Å². The average Bonchev–Trinajstić information content (AvgIpc) is 2.72. The second-order valence-electron chi connectivity index (χ2n) is 6.24. The number of carbonyl (C=O) groups excluding carboxylic acids is 1. The molecule has 3 aromatic rings. The molecule has 0 unspecified atom stereocenters. The Balaban J connectivity index is 1.70. The maximum atomic E-state index is 12.4. The lowest BCUT2D eigenvalue weighted by molar-refractivity contribution is -0.112. The highest BCUT2D eigenvalue weighted by molar-refractivity contribution is 14.1. The zero-order valence-corrected chi connectivity index (χ0v) is 20.0. The van der Waals surface area contributed by atoms with E-state index in [1.54, 1.807) is 24.3 Å². The number of carbonyl (C=O) groups is 1. The zero-order chi connectivity index (χ0) is 21.5. The second-order valence-corrected chi connectivity index (χ2v) is 8.75. The lowest BCUT2D eigenvalue weighted by Gasteiger charge is -2.09. The van der Waals surface area contributed by atoms with Gasteiger partial charge >= 0.3 is 0 Å². The van der Waals surface area contributed by atoms with Crippen molar-refractivity contribution in [1.29, 1.82) is 5.26 Å². The van der Waals surface area contributed by atoms with Gasteiger partial charge in [-0.25, -0.2) is 0 Å². The van der Waals surface area contributed by atoms with Crippen LogP contribution in [0.15, 0.2) is 76.8 Å². The summed E-state index contributed by atoms with van der Waals surface area (Å²) in [4.78, 5) is 12.4. The number of rotatable bonds is 6. The molecule has 0 aliphatic heterocycles. The van der Waals surface area contributed by atoms with Gasteiger partial charge in [0, 0.05) is 15.2 Å². The maximum Gasteiger partial charge on any atom is 0.266 e. The molecule has 1 N–H and O–H groups in total. The molecule has 0 spiro atoms. The van der Waals surface area contributed by atoms with Gasteiger partial charge in [-0.2, -0.15) is 5.26 Å². The van der Waals surface area contributed by atoms with Crippen LogP contribution in [0.25, 0.3) is 6.08 Å². The lowest BCUT2D eigenvalue weighted by Crippen LogP contribution is -2.13. The Morgan fingerprint density at radius 2 is 1.93 bits per heavy atom. The number of ether oxygens (including phenoxy) is 1. The predicted molar refractivity (Wildman–Crippen MR) is 131 cm³/mol. The Labute approximate surface area is 201 Å². The van der Waals surface area contributed by atoms with Gasteiger partial charge in [0.2, 0.25) is 0 Å². The van der Waals surface area contributed by atoms with Gasteiger partial charge in [0.05, 0.1) is 3.57 Å². The Morgan fingerprint density at radius 1 is 1.17 bits per heavy atom. The first-order valence-electron chi connectivity index (χ1n) is 8.80. The summed E-state index contributed by atoms with van der Waals surface area (Å²) < 4.78 is 7.58. The predicted octanol–water partition coefficient (Wildman–Crippen LogP) is 6.83. The number of nitrogens with zero attached hydrogens (tertiary/aromatic N) is 1. The minimum Gasteiger partial charge on any atom is -0.488 e. The zero-order valence-electron chi connectivity index (χ0n) is 15.5. The summed E-state index contributed by atoms with van der Waals surface area (Å²) >= 11 is 11.4. The third-order valence-electron chi connectivity index (χ3n) is 4.02. The van der Waals surface area contributed by atoms with Gasteiger partial charge in [0.1, 0.15) is 24.0 Å². The number of hydrogen-bond donors (Lipinski definition) is 1. The summed E-state index contributed by atoms with van der Waals surface area (Å²) in [5.41, 5.74) is 2.37. The first-order chi connectivity index (χ1) is 14.4. The largest absolute Gasteiger partial charge is 0.488 e. The molecule has 0 bridgehead atoms. The van der Waals surface area contributed by atoms with Crippen molar-refractivity contribution in [2.24, 2.45) is 0 Å². The van der Waals surface area contributed by atoms with Gasteiger partial charge in [0.15, 0.2) is 0 Å². The second kappa shape index (κ2) is 10.6. The van der Waals surface area contributed by atoms with E-state index in [0.29, 0.717) is 17.3 Å². The van der Waals surface area contributed by atoms with Crippen molar-refractivity contribution in [2.75, 3.05) is 5.32 Å². The van der Waals surface area contributed by atoms with E-state index in [4.69, 9.17) is 16.3 Å². The summed E-state index contributed by atoms with van der Waals surface area (Å²) in [6.07, 6.45) is 1.55. The molecule has 150 valence electrons. The van der Waals surface area contributed by atoms with Crippen LogP contribution in [0.4, 0.5) is 5.69 Å². The van der Waals surface area contributed by atoms with E-state index in [1.165, 1.54) is 0 Å². The van der Waals surface area contributed by atoms with Gasteiger partial charge in [-0.05, 0) is 82.3 Å². The summed E-state index contributed by atoms with van der Waals surface area (Å²) in [6.45, 7) is 0.418. The number of halogens is 3. The fraction of sp³-hybridized carbons (Fsp3) is 0.0435. The van der Waals surface area contributed by atoms with Crippen LogP contribution >= 0.6 is 50.1 Å². The van der Waals surface area contributed by atoms with Crippen LogP contribution in [0.1, 0.15) is 11.1 Å². The molecule has 0 radical (unpaired) electrons. The van der Waals surface area contributed by atoms with Gasteiger partial charge in [-0.3, -0.25) is 4.79 Å². The highest BCUT2D eigenvalue weighted by Crippen LogP contribution is 2.25. The van der Waals surface area contributed by atoms with Gasteiger partial charge in [0.25, 0.3) is 5.91 Å². The van der Waals surface area contributed by atoms with Crippen molar-refractivity contribution in [3.8, 4) is 11.8 Å². The van der Waals surface area contributed by atoms with E-state index in [2.05, 4.69) is 43.8 Å². The van der Waals surface area contributed by atoms with Crippen molar-refractivity contribution in [2.45, 2.75) is 6.61 Å². The van der Waals surface area contributed by atoms with E-state index in [1.807, 2.05) is 54.6 Å². The molecular weight excluding hydrogens is 579 g/mol. The van der Waals surface area contributed by atoms with Crippen molar-refractivity contribution in [3.63, 3.8) is 0 Å². The highest BCUT2D eigenvalue weighted by atomic mass is 127. The average molecular weight is 594 g/mol. The van der Waals surface area contributed by atoms with E-state index in [0.717, 1.165) is 24.9 Å². The smallest absolute Gasteiger partial charge is 0.266 e. The van der Waals surface area contributed by atoms with Crippen LogP contribution < -0.4 is 10.1 Å². The molecule has 0 aliphatic rings. The molecular formula is C23H15BrClIN2O2. The minimum absolute atomic E-state index is 0.0145. The Bertz CT molecular complexity index is 1140. The maximum absolute atomic E-state index is 12.4. The standard InChI is InChI=1S/C23H15BrClIN2O2/c24-18-2-1-3-20(12-18)28-23(29)17(13-27)10-16-6-9-22(21(26)11-16)30-14-15-4-7-19(25)8-5-15/h1-12H,14H2,(H,28,29)/b17-10-. The molecule has 7 heteroatoms. The SMILES string of the molecule is N#C/C(=C/c1ccc(OCc2ccc(Cl)cc2)c(I)c1)C(=O)Nc1cccc(Br)c1. The van der Waals surface area contributed by atoms with Gasteiger partial charge in [-0.15, -0.1) is 0 Å². The number of nitriles is 1. The summed E-state index contributed by atoms with van der Waals surface area (Å²) in [6, 6.07) is 22.1. The van der Waals surface area contributed by atoms with Crippen LogP contribution in [0, 0.1) is 14.9 Å². The van der Waals surface area contributed by atoms with Crippen molar-refractivity contribution in [3.05, 3.63) is 96.5 Å². The molecule has 0 saturated carbocycles. The van der Waals surface area contributed by atoms with Gasteiger partial charge in [-0.1, -0.05) is 51.8 Å². The Morgan fingerprint density at radius 3 is 2.60 bits per heavy atom. The number of nitrogens with one attached hydrogen (secondary N) is 1. The molecule has 4 nitrogen and oxygen atoms in total. The Kier molecular flexibility index (Phi) is 7.91. The molecule has 0 aromatic heterocycles. The first kappa shape index (κ1) is 22.3. The Hall–Kier alpha value is -2.34.